The number of halogens is 1. The highest BCUT2D eigenvalue weighted by atomic mass is 35.5. The van der Waals surface area contributed by atoms with Crippen molar-refractivity contribution in [2.24, 2.45) is 0 Å². The molecule has 1 unspecified atom stereocenters. The molecule has 4 heteroatoms. The minimum absolute atomic E-state index is 0.00604. The molecule has 1 saturated carbocycles. The average molecular weight is 269 g/mol. The van der Waals surface area contributed by atoms with Gasteiger partial charge in [-0.25, -0.2) is 0 Å². The summed E-state index contributed by atoms with van der Waals surface area (Å²) in [6, 6.07) is 3.72. The third-order valence-electron chi connectivity index (χ3n) is 3.83. The molecule has 0 amide bonds. The summed E-state index contributed by atoms with van der Waals surface area (Å²) in [4.78, 5) is 0. The van der Waals surface area contributed by atoms with Gasteiger partial charge in [0.05, 0.1) is 0 Å². The first-order chi connectivity index (χ1) is 8.63. The van der Waals surface area contributed by atoms with Crippen LogP contribution in [-0.2, 0) is 0 Å². The molecule has 98 valence electrons. The van der Waals surface area contributed by atoms with Gasteiger partial charge in [-0.2, -0.15) is 0 Å². The Morgan fingerprint density at radius 3 is 2.50 bits per heavy atom. The zero-order valence-electron chi connectivity index (χ0n) is 10.4. The lowest BCUT2D eigenvalue weighted by atomic mass is 10.0. The molecule has 1 heterocycles. The SMILES string of the molecule is CC(CO)c1cc2c(cc1Cl)OC1(CCCC1)O2. The van der Waals surface area contributed by atoms with Gasteiger partial charge >= 0.3 is 0 Å². The maximum absolute atomic E-state index is 9.24. The first kappa shape index (κ1) is 12.1. The fraction of sp³-hybridized carbons (Fsp3) is 0.571. The quantitative estimate of drug-likeness (QED) is 0.893. The van der Waals surface area contributed by atoms with Crippen LogP contribution in [0.15, 0.2) is 12.1 Å². The Bertz CT molecular complexity index is 466. The van der Waals surface area contributed by atoms with E-state index in [2.05, 4.69) is 0 Å². The molecule has 1 aromatic carbocycles. The van der Waals surface area contributed by atoms with E-state index in [0.717, 1.165) is 42.7 Å². The summed E-state index contributed by atoms with van der Waals surface area (Å²) in [5.74, 6) is 1.05. The van der Waals surface area contributed by atoms with Crippen LogP contribution in [0.1, 0.15) is 44.1 Å². The van der Waals surface area contributed by atoms with Crippen molar-refractivity contribution in [1.29, 1.82) is 0 Å². The smallest absolute Gasteiger partial charge is 0.251 e. The van der Waals surface area contributed by atoms with E-state index in [9.17, 15) is 5.11 Å². The highest BCUT2D eigenvalue weighted by molar-refractivity contribution is 6.31. The van der Waals surface area contributed by atoms with E-state index in [1.165, 1.54) is 0 Å². The van der Waals surface area contributed by atoms with E-state index < -0.39 is 5.79 Å². The van der Waals surface area contributed by atoms with E-state index in [-0.39, 0.29) is 12.5 Å². The first-order valence-corrected chi connectivity index (χ1v) is 6.84. The lowest BCUT2D eigenvalue weighted by Crippen LogP contribution is -2.34. The molecule has 3 nitrogen and oxygen atoms in total. The van der Waals surface area contributed by atoms with E-state index >= 15 is 0 Å². The summed E-state index contributed by atoms with van der Waals surface area (Å²) in [5.41, 5.74) is 0.913. The van der Waals surface area contributed by atoms with Gasteiger partial charge in [0, 0.05) is 36.5 Å². The molecule has 1 fully saturated rings. The number of rotatable bonds is 2. The molecule has 1 aliphatic heterocycles. The van der Waals surface area contributed by atoms with Gasteiger partial charge in [0.25, 0.3) is 5.79 Å². The molecule has 0 bridgehead atoms. The third-order valence-corrected chi connectivity index (χ3v) is 4.15. The molecule has 1 N–H and O–H groups in total. The van der Waals surface area contributed by atoms with Crippen LogP contribution >= 0.6 is 11.6 Å². The van der Waals surface area contributed by atoms with Crippen LogP contribution in [0.5, 0.6) is 11.5 Å². The van der Waals surface area contributed by atoms with Crippen LogP contribution in [0.3, 0.4) is 0 Å². The summed E-state index contributed by atoms with van der Waals surface area (Å²) in [7, 11) is 0. The molecule has 2 aliphatic rings. The van der Waals surface area contributed by atoms with Gasteiger partial charge < -0.3 is 14.6 Å². The maximum Gasteiger partial charge on any atom is 0.251 e. The zero-order valence-corrected chi connectivity index (χ0v) is 11.2. The fourth-order valence-corrected chi connectivity index (χ4v) is 3.07. The number of aliphatic hydroxyl groups is 1. The van der Waals surface area contributed by atoms with Crippen LogP contribution in [0.2, 0.25) is 5.02 Å². The Kier molecular flexibility index (Phi) is 2.91. The third kappa shape index (κ3) is 1.86. The van der Waals surface area contributed by atoms with Gasteiger partial charge in [-0.15, -0.1) is 0 Å². The lowest BCUT2D eigenvalue weighted by Gasteiger charge is -2.21. The Morgan fingerprint density at radius 2 is 1.89 bits per heavy atom. The van der Waals surface area contributed by atoms with Crippen LogP contribution in [0.25, 0.3) is 0 Å². The Labute approximate surface area is 112 Å². The molecule has 0 radical (unpaired) electrons. The topological polar surface area (TPSA) is 38.7 Å². The highest BCUT2D eigenvalue weighted by Gasteiger charge is 2.44. The van der Waals surface area contributed by atoms with Crippen molar-refractivity contribution in [3.8, 4) is 11.5 Å². The number of fused-ring (bicyclic) bond motifs is 1. The number of aliphatic hydroxyl groups excluding tert-OH is 1. The second-order valence-corrected chi connectivity index (χ2v) is 5.63. The van der Waals surface area contributed by atoms with Crippen molar-refractivity contribution in [1.82, 2.24) is 0 Å². The molecule has 18 heavy (non-hydrogen) atoms. The monoisotopic (exact) mass is 268 g/mol. The van der Waals surface area contributed by atoms with Gasteiger partial charge in [-0.1, -0.05) is 18.5 Å². The van der Waals surface area contributed by atoms with Crippen molar-refractivity contribution >= 4 is 11.6 Å². The Morgan fingerprint density at radius 1 is 1.28 bits per heavy atom. The number of hydrogen-bond acceptors (Lipinski definition) is 3. The van der Waals surface area contributed by atoms with Crippen molar-refractivity contribution in [3.05, 3.63) is 22.7 Å². The van der Waals surface area contributed by atoms with Gasteiger partial charge in [0.2, 0.25) is 0 Å². The molecule has 1 aliphatic carbocycles. The predicted octanol–water partition coefficient (Wildman–Crippen LogP) is 3.48. The van der Waals surface area contributed by atoms with Crippen molar-refractivity contribution in [2.75, 3.05) is 6.61 Å². The van der Waals surface area contributed by atoms with Crippen LogP contribution in [0, 0.1) is 0 Å². The second-order valence-electron chi connectivity index (χ2n) is 5.23. The number of hydrogen-bond donors (Lipinski definition) is 1. The van der Waals surface area contributed by atoms with Gasteiger partial charge in [-0.3, -0.25) is 0 Å². The fourth-order valence-electron chi connectivity index (χ4n) is 2.73. The lowest BCUT2D eigenvalue weighted by molar-refractivity contribution is -0.0716. The normalized spacial score (nSPS) is 21.5. The van der Waals surface area contributed by atoms with E-state index in [0.29, 0.717) is 5.02 Å². The summed E-state index contributed by atoms with van der Waals surface area (Å²) >= 11 is 6.23. The van der Waals surface area contributed by atoms with Crippen LogP contribution in [0.4, 0.5) is 0 Å². The van der Waals surface area contributed by atoms with Gasteiger partial charge in [-0.05, 0) is 24.5 Å². The summed E-state index contributed by atoms with van der Waals surface area (Å²) in [6.07, 6.45) is 4.15. The average Bonchev–Trinajstić information content (AvgIpc) is 2.94. The summed E-state index contributed by atoms with van der Waals surface area (Å²) in [5, 5.41) is 9.87. The molecule has 3 rings (SSSR count). The number of benzene rings is 1. The molecular weight excluding hydrogens is 252 g/mol. The van der Waals surface area contributed by atoms with Crippen LogP contribution in [-0.4, -0.2) is 17.5 Å². The largest absolute Gasteiger partial charge is 0.448 e. The molecule has 1 aromatic rings. The van der Waals surface area contributed by atoms with E-state index in [4.69, 9.17) is 21.1 Å². The van der Waals surface area contributed by atoms with Gasteiger partial charge in [0.1, 0.15) is 0 Å². The zero-order chi connectivity index (χ0) is 12.8. The summed E-state index contributed by atoms with van der Waals surface area (Å²) < 4.78 is 11.9. The number of ether oxygens (including phenoxy) is 2. The Hall–Kier alpha value is -0.930. The minimum atomic E-state index is -0.452. The van der Waals surface area contributed by atoms with E-state index in [1.807, 2.05) is 19.1 Å². The van der Waals surface area contributed by atoms with Crippen LogP contribution < -0.4 is 9.47 Å². The van der Waals surface area contributed by atoms with Crippen molar-refractivity contribution < 1.29 is 14.6 Å². The molecule has 1 spiro atoms. The standard InChI is InChI=1S/C14H17ClO3/c1-9(8-16)10-6-12-13(7-11(10)15)18-14(17-12)4-2-3-5-14/h6-7,9,16H,2-5,8H2,1H3. The van der Waals surface area contributed by atoms with Crippen molar-refractivity contribution in [2.45, 2.75) is 44.3 Å². The molecular formula is C14H17ClO3. The molecule has 1 atom stereocenters. The highest BCUT2D eigenvalue weighted by Crippen LogP contribution is 2.48. The van der Waals surface area contributed by atoms with Gasteiger partial charge in [0.15, 0.2) is 11.5 Å². The molecule has 0 aromatic heterocycles. The van der Waals surface area contributed by atoms with Crippen molar-refractivity contribution in [3.63, 3.8) is 0 Å². The molecule has 0 saturated heterocycles. The first-order valence-electron chi connectivity index (χ1n) is 6.46. The maximum atomic E-state index is 9.24. The Balaban J connectivity index is 1.94. The van der Waals surface area contributed by atoms with E-state index in [1.54, 1.807) is 0 Å². The predicted molar refractivity (Wildman–Crippen MR) is 69.4 cm³/mol. The minimum Gasteiger partial charge on any atom is -0.448 e. The summed E-state index contributed by atoms with van der Waals surface area (Å²) in [6.45, 7) is 2.01. The second kappa shape index (κ2) is 4.32.